The molecule has 0 radical (unpaired) electrons. The molecule has 2 atom stereocenters. The number of hydrogen-bond acceptors (Lipinski definition) is 4. The average Bonchev–Trinajstić information content (AvgIpc) is 2.18. The first-order valence-corrected chi connectivity index (χ1v) is 4.98. The van der Waals surface area contributed by atoms with E-state index in [0.29, 0.717) is 25.3 Å². The molecule has 1 saturated heterocycles. The van der Waals surface area contributed by atoms with Gasteiger partial charge in [0, 0.05) is 25.2 Å². The molecule has 0 N–H and O–H groups in total. The lowest BCUT2D eigenvalue weighted by Gasteiger charge is -2.43. The Kier molecular flexibility index (Phi) is 4.05. The van der Waals surface area contributed by atoms with Crippen LogP contribution in [0.1, 0.15) is 13.8 Å². The fourth-order valence-corrected chi connectivity index (χ4v) is 1.92. The minimum absolute atomic E-state index is 0.421. The van der Waals surface area contributed by atoms with Gasteiger partial charge in [0.2, 0.25) is 0 Å². The molecular weight excluding hydrogens is 176 g/mol. The summed E-state index contributed by atoms with van der Waals surface area (Å²) in [4.78, 5) is 8.42. The number of nitriles is 1. The molecule has 14 heavy (non-hydrogen) atoms. The van der Waals surface area contributed by atoms with Gasteiger partial charge >= 0.3 is 0 Å². The zero-order valence-electron chi connectivity index (χ0n) is 8.98. The van der Waals surface area contributed by atoms with Crippen LogP contribution in [0.2, 0.25) is 0 Å². The van der Waals surface area contributed by atoms with Gasteiger partial charge in [0.1, 0.15) is 0 Å². The second-order valence-corrected chi connectivity index (χ2v) is 3.79. The first-order chi connectivity index (χ1) is 6.70. The molecule has 0 aliphatic carbocycles. The van der Waals surface area contributed by atoms with Gasteiger partial charge in [-0.3, -0.25) is 14.8 Å². The van der Waals surface area contributed by atoms with Crippen LogP contribution in [-0.2, 0) is 0 Å². The van der Waals surface area contributed by atoms with Crippen LogP contribution in [0.15, 0.2) is 4.99 Å². The second-order valence-electron chi connectivity index (χ2n) is 3.79. The van der Waals surface area contributed by atoms with E-state index in [1.807, 2.05) is 0 Å². The highest BCUT2D eigenvalue weighted by Crippen LogP contribution is 2.15. The molecule has 1 heterocycles. The monoisotopic (exact) mass is 194 g/mol. The lowest BCUT2D eigenvalue weighted by Crippen LogP contribution is -2.57. The Bertz CT molecular complexity index is 233. The highest BCUT2D eigenvalue weighted by molar-refractivity contribution is 5.23. The standard InChI is InChI=1S/C10H18N4/c1-9-10(2)14(8-12-3)7-6-13(9)5-4-11/h9-10H,3,5-8H2,1-2H3. The molecule has 0 aromatic carbocycles. The van der Waals surface area contributed by atoms with Gasteiger partial charge in [-0.2, -0.15) is 5.26 Å². The third-order valence-electron chi connectivity index (χ3n) is 3.08. The van der Waals surface area contributed by atoms with E-state index in [9.17, 15) is 0 Å². The number of aliphatic imine (C=N–C) groups is 1. The predicted octanol–water partition coefficient (Wildman–Crippen LogP) is 0.563. The fraction of sp³-hybridized carbons (Fsp3) is 0.800. The maximum absolute atomic E-state index is 8.66. The number of rotatable bonds is 3. The van der Waals surface area contributed by atoms with Crippen molar-refractivity contribution in [2.75, 3.05) is 26.3 Å². The molecule has 0 bridgehead atoms. The van der Waals surface area contributed by atoms with Crippen LogP contribution in [0.4, 0.5) is 0 Å². The lowest BCUT2D eigenvalue weighted by atomic mass is 10.1. The molecule has 4 nitrogen and oxygen atoms in total. The summed E-state index contributed by atoms with van der Waals surface area (Å²) in [6.07, 6.45) is 0. The highest BCUT2D eigenvalue weighted by Gasteiger charge is 2.29. The summed E-state index contributed by atoms with van der Waals surface area (Å²) in [6.45, 7) is 11.0. The van der Waals surface area contributed by atoms with Crippen LogP contribution < -0.4 is 0 Å². The first kappa shape index (κ1) is 11.2. The van der Waals surface area contributed by atoms with E-state index in [-0.39, 0.29) is 0 Å². The Labute approximate surface area is 85.8 Å². The van der Waals surface area contributed by atoms with Gasteiger partial charge < -0.3 is 0 Å². The molecule has 78 valence electrons. The summed E-state index contributed by atoms with van der Waals surface area (Å²) in [5.74, 6) is 0. The van der Waals surface area contributed by atoms with Crippen molar-refractivity contribution in [1.82, 2.24) is 9.80 Å². The van der Waals surface area contributed by atoms with Crippen molar-refractivity contribution >= 4 is 6.72 Å². The van der Waals surface area contributed by atoms with Crippen molar-refractivity contribution in [1.29, 1.82) is 5.26 Å². The third kappa shape index (κ3) is 2.31. The van der Waals surface area contributed by atoms with Crippen molar-refractivity contribution in [3.8, 4) is 6.07 Å². The molecule has 4 heteroatoms. The van der Waals surface area contributed by atoms with Crippen LogP contribution in [0.5, 0.6) is 0 Å². The molecule has 0 aromatic rings. The van der Waals surface area contributed by atoms with Crippen LogP contribution in [0.25, 0.3) is 0 Å². The van der Waals surface area contributed by atoms with Crippen LogP contribution in [-0.4, -0.2) is 54.9 Å². The molecule has 0 saturated carbocycles. The Morgan fingerprint density at radius 1 is 1.36 bits per heavy atom. The molecule has 2 unspecified atom stereocenters. The number of piperazine rings is 1. The summed E-state index contributed by atoms with van der Waals surface area (Å²) in [5, 5.41) is 8.66. The van der Waals surface area contributed by atoms with Gasteiger partial charge in [-0.05, 0) is 20.6 Å². The number of hydrogen-bond donors (Lipinski definition) is 0. The normalized spacial score (nSPS) is 29.8. The minimum Gasteiger partial charge on any atom is -0.285 e. The molecule has 1 aliphatic heterocycles. The van der Waals surface area contributed by atoms with Crippen LogP contribution >= 0.6 is 0 Å². The minimum atomic E-state index is 0.421. The predicted molar refractivity (Wildman–Crippen MR) is 57.2 cm³/mol. The van der Waals surface area contributed by atoms with Crippen molar-refractivity contribution in [3.63, 3.8) is 0 Å². The Balaban J connectivity index is 2.55. The topological polar surface area (TPSA) is 42.6 Å². The maximum Gasteiger partial charge on any atom is 0.0905 e. The van der Waals surface area contributed by atoms with Gasteiger partial charge in [0.15, 0.2) is 0 Å². The molecule has 1 rings (SSSR count). The van der Waals surface area contributed by atoms with Gasteiger partial charge in [-0.15, -0.1) is 0 Å². The van der Waals surface area contributed by atoms with E-state index in [4.69, 9.17) is 5.26 Å². The zero-order chi connectivity index (χ0) is 10.6. The van der Waals surface area contributed by atoms with Crippen LogP contribution in [0, 0.1) is 11.3 Å². The summed E-state index contributed by atoms with van der Waals surface area (Å²) >= 11 is 0. The zero-order valence-corrected chi connectivity index (χ0v) is 8.98. The quantitative estimate of drug-likeness (QED) is 0.487. The van der Waals surface area contributed by atoms with Crippen molar-refractivity contribution < 1.29 is 0 Å². The van der Waals surface area contributed by atoms with Crippen molar-refractivity contribution in [2.24, 2.45) is 4.99 Å². The van der Waals surface area contributed by atoms with E-state index < -0.39 is 0 Å². The van der Waals surface area contributed by atoms with Crippen molar-refractivity contribution in [3.05, 3.63) is 0 Å². The van der Waals surface area contributed by atoms with Crippen molar-refractivity contribution in [2.45, 2.75) is 25.9 Å². The number of nitrogens with zero attached hydrogens (tertiary/aromatic N) is 4. The molecule has 0 spiro atoms. The van der Waals surface area contributed by atoms with E-state index in [1.165, 1.54) is 0 Å². The highest BCUT2D eigenvalue weighted by atomic mass is 15.3. The summed E-state index contributed by atoms with van der Waals surface area (Å²) in [5.41, 5.74) is 0. The SMILES string of the molecule is C=NCN1CCN(CC#N)C(C)C1C. The van der Waals surface area contributed by atoms with Gasteiger partial charge in [0.05, 0.1) is 19.3 Å². The van der Waals surface area contributed by atoms with Crippen LogP contribution in [0.3, 0.4) is 0 Å². The maximum atomic E-state index is 8.66. The molecular formula is C10H18N4. The van der Waals surface area contributed by atoms with E-state index in [1.54, 1.807) is 0 Å². The van der Waals surface area contributed by atoms with Gasteiger partial charge in [-0.1, -0.05) is 0 Å². The first-order valence-electron chi connectivity index (χ1n) is 4.98. The summed E-state index contributed by atoms with van der Waals surface area (Å²) in [7, 11) is 0. The lowest BCUT2D eigenvalue weighted by molar-refractivity contribution is 0.0466. The second kappa shape index (κ2) is 5.08. The van der Waals surface area contributed by atoms with Gasteiger partial charge in [0.25, 0.3) is 0 Å². The summed E-state index contributed by atoms with van der Waals surface area (Å²) < 4.78 is 0. The Morgan fingerprint density at radius 3 is 2.50 bits per heavy atom. The summed E-state index contributed by atoms with van der Waals surface area (Å²) in [6, 6.07) is 3.08. The van der Waals surface area contributed by atoms with E-state index in [0.717, 1.165) is 13.1 Å². The van der Waals surface area contributed by atoms with E-state index >= 15 is 0 Å². The Morgan fingerprint density at radius 2 is 1.93 bits per heavy atom. The van der Waals surface area contributed by atoms with Gasteiger partial charge in [-0.25, -0.2) is 0 Å². The Hall–Kier alpha value is -0.920. The largest absolute Gasteiger partial charge is 0.285 e. The smallest absolute Gasteiger partial charge is 0.0905 e. The molecule has 1 aliphatic rings. The molecule has 0 aromatic heterocycles. The fourth-order valence-electron chi connectivity index (χ4n) is 1.92. The molecule has 0 amide bonds. The molecule has 1 fully saturated rings. The third-order valence-corrected chi connectivity index (χ3v) is 3.08. The average molecular weight is 194 g/mol. The van der Waals surface area contributed by atoms with E-state index in [2.05, 4.69) is 41.4 Å².